The number of amides is 1. The highest BCUT2D eigenvalue weighted by atomic mass is 19.1. The average Bonchev–Trinajstić information content (AvgIpc) is 3.23. The summed E-state index contributed by atoms with van der Waals surface area (Å²) in [6.07, 6.45) is 0. The first-order valence-electron chi connectivity index (χ1n) is 9.99. The highest BCUT2D eigenvalue weighted by Crippen LogP contribution is 2.27. The molecule has 0 bridgehead atoms. The first-order chi connectivity index (χ1) is 15.6. The summed E-state index contributed by atoms with van der Waals surface area (Å²) >= 11 is 0. The summed E-state index contributed by atoms with van der Waals surface area (Å²) < 4.78 is 26.5. The molecule has 0 saturated heterocycles. The summed E-state index contributed by atoms with van der Waals surface area (Å²) in [6.45, 7) is 2.19. The Labute approximate surface area is 184 Å². The van der Waals surface area contributed by atoms with Crippen LogP contribution in [0, 0.1) is 5.82 Å². The highest BCUT2D eigenvalue weighted by Gasteiger charge is 2.18. The zero-order valence-corrected chi connectivity index (χ0v) is 17.6. The van der Waals surface area contributed by atoms with Crippen LogP contribution in [-0.4, -0.2) is 34.4 Å². The minimum Gasteiger partial charge on any atom is -0.497 e. The zero-order valence-electron chi connectivity index (χ0n) is 17.6. The molecule has 162 valence electrons. The number of nitrogens with zero attached hydrogens (tertiary/aromatic N) is 3. The number of nitrogens with one attached hydrogen (secondary N) is 1. The van der Waals surface area contributed by atoms with Gasteiger partial charge in [0.15, 0.2) is 5.82 Å². The van der Waals surface area contributed by atoms with Gasteiger partial charge in [0.2, 0.25) is 0 Å². The molecule has 8 heteroatoms. The molecule has 32 heavy (non-hydrogen) atoms. The van der Waals surface area contributed by atoms with Gasteiger partial charge in [-0.05, 0) is 61.5 Å². The van der Waals surface area contributed by atoms with Crippen molar-refractivity contribution in [3.05, 3.63) is 84.2 Å². The second kappa shape index (κ2) is 9.30. The summed E-state index contributed by atoms with van der Waals surface area (Å²) in [5.41, 5.74) is 1.92. The molecule has 0 spiro atoms. The fourth-order valence-corrected chi connectivity index (χ4v) is 3.14. The van der Waals surface area contributed by atoms with E-state index in [1.165, 1.54) is 10.7 Å². The van der Waals surface area contributed by atoms with Gasteiger partial charge in [-0.2, -0.15) is 4.98 Å². The maximum atomic E-state index is 14.5. The zero-order chi connectivity index (χ0) is 22.5. The summed E-state index contributed by atoms with van der Waals surface area (Å²) in [6, 6.07) is 20.3. The molecular weight excluding hydrogens is 411 g/mol. The van der Waals surface area contributed by atoms with Gasteiger partial charge in [-0.25, -0.2) is 9.07 Å². The Bertz CT molecular complexity index is 1240. The number of benzene rings is 3. The van der Waals surface area contributed by atoms with E-state index >= 15 is 0 Å². The number of carbonyl (C=O) groups excluding carboxylic acids is 1. The van der Waals surface area contributed by atoms with Gasteiger partial charge in [0, 0.05) is 11.3 Å². The van der Waals surface area contributed by atoms with Crippen molar-refractivity contribution in [3.63, 3.8) is 0 Å². The van der Waals surface area contributed by atoms with Crippen LogP contribution in [0.3, 0.4) is 0 Å². The lowest BCUT2D eigenvalue weighted by Gasteiger charge is -2.10. The molecule has 0 radical (unpaired) electrons. The van der Waals surface area contributed by atoms with E-state index in [-0.39, 0.29) is 11.9 Å². The lowest BCUT2D eigenvalue weighted by atomic mass is 10.2. The monoisotopic (exact) mass is 432 g/mol. The van der Waals surface area contributed by atoms with E-state index < -0.39 is 5.82 Å². The molecule has 1 heterocycles. The van der Waals surface area contributed by atoms with Crippen molar-refractivity contribution in [2.75, 3.05) is 19.0 Å². The van der Waals surface area contributed by atoms with E-state index in [1.807, 2.05) is 6.92 Å². The number of ether oxygens (including phenoxy) is 2. The number of rotatable bonds is 7. The van der Waals surface area contributed by atoms with Gasteiger partial charge in [0.25, 0.3) is 5.91 Å². The van der Waals surface area contributed by atoms with E-state index in [9.17, 15) is 9.18 Å². The lowest BCUT2D eigenvalue weighted by molar-refractivity contribution is 0.102. The Kier molecular flexibility index (Phi) is 6.12. The van der Waals surface area contributed by atoms with Crippen LogP contribution < -0.4 is 14.8 Å². The maximum Gasteiger partial charge on any atom is 0.336 e. The Morgan fingerprint density at radius 3 is 2.56 bits per heavy atom. The number of methoxy groups -OCH3 is 1. The topological polar surface area (TPSA) is 78.3 Å². The van der Waals surface area contributed by atoms with Crippen LogP contribution in [0.2, 0.25) is 0 Å². The third-order valence-electron chi connectivity index (χ3n) is 4.68. The molecule has 4 aromatic rings. The summed E-state index contributed by atoms with van der Waals surface area (Å²) in [5, 5.41) is 7.24. The molecule has 1 amide bonds. The van der Waals surface area contributed by atoms with Gasteiger partial charge >= 0.3 is 6.01 Å². The van der Waals surface area contributed by atoms with Crippen LogP contribution in [0.15, 0.2) is 72.8 Å². The van der Waals surface area contributed by atoms with E-state index in [2.05, 4.69) is 15.4 Å². The molecule has 1 aromatic heterocycles. The van der Waals surface area contributed by atoms with Crippen molar-refractivity contribution >= 4 is 11.6 Å². The molecule has 0 aliphatic carbocycles. The minimum absolute atomic E-state index is 0.137. The highest BCUT2D eigenvalue weighted by molar-refractivity contribution is 6.04. The second-order valence-electron chi connectivity index (χ2n) is 6.78. The van der Waals surface area contributed by atoms with Crippen molar-refractivity contribution in [2.24, 2.45) is 0 Å². The van der Waals surface area contributed by atoms with Gasteiger partial charge in [-0.3, -0.25) is 4.79 Å². The van der Waals surface area contributed by atoms with Crippen molar-refractivity contribution < 1.29 is 18.7 Å². The Hall–Kier alpha value is -4.20. The van der Waals surface area contributed by atoms with Crippen LogP contribution in [0.4, 0.5) is 10.1 Å². The molecule has 0 atom stereocenters. The normalized spacial score (nSPS) is 10.6. The van der Waals surface area contributed by atoms with Crippen LogP contribution >= 0.6 is 0 Å². The third-order valence-corrected chi connectivity index (χ3v) is 4.68. The maximum absolute atomic E-state index is 14.5. The molecule has 3 aromatic carbocycles. The van der Waals surface area contributed by atoms with Crippen LogP contribution in [0.1, 0.15) is 17.3 Å². The molecule has 0 aliphatic rings. The standard InChI is InChI=1S/C24H21FN4O3/c1-3-32-24-27-22(20-9-4-5-10-21(20)25)29(28-24)18-8-6-7-17(15-18)26-23(30)16-11-13-19(31-2)14-12-16/h4-15H,3H2,1-2H3,(H,26,30). The fourth-order valence-electron chi connectivity index (χ4n) is 3.14. The third kappa shape index (κ3) is 4.44. The molecule has 1 N–H and O–H groups in total. The Balaban J connectivity index is 1.67. The van der Waals surface area contributed by atoms with E-state index in [1.54, 1.807) is 73.8 Å². The van der Waals surface area contributed by atoms with Crippen molar-refractivity contribution in [1.29, 1.82) is 0 Å². The molecule has 4 rings (SSSR count). The predicted molar refractivity (Wildman–Crippen MR) is 119 cm³/mol. The largest absolute Gasteiger partial charge is 0.497 e. The number of aromatic nitrogens is 3. The number of halogens is 1. The smallest absolute Gasteiger partial charge is 0.336 e. The Morgan fingerprint density at radius 1 is 1.06 bits per heavy atom. The molecule has 0 unspecified atom stereocenters. The van der Waals surface area contributed by atoms with Gasteiger partial charge < -0.3 is 14.8 Å². The van der Waals surface area contributed by atoms with Gasteiger partial charge in [-0.1, -0.05) is 18.2 Å². The first-order valence-corrected chi connectivity index (χ1v) is 9.99. The Morgan fingerprint density at radius 2 is 1.84 bits per heavy atom. The molecule has 0 saturated carbocycles. The van der Waals surface area contributed by atoms with Crippen LogP contribution in [-0.2, 0) is 0 Å². The number of hydrogen-bond acceptors (Lipinski definition) is 5. The average molecular weight is 432 g/mol. The lowest BCUT2D eigenvalue weighted by Crippen LogP contribution is -2.12. The first kappa shape index (κ1) is 21.0. The van der Waals surface area contributed by atoms with E-state index in [0.717, 1.165) is 0 Å². The van der Waals surface area contributed by atoms with Crippen molar-refractivity contribution in [3.8, 4) is 28.8 Å². The van der Waals surface area contributed by atoms with Crippen molar-refractivity contribution in [2.45, 2.75) is 6.92 Å². The van der Waals surface area contributed by atoms with E-state index in [0.29, 0.717) is 40.7 Å². The van der Waals surface area contributed by atoms with Crippen LogP contribution in [0.25, 0.3) is 17.1 Å². The van der Waals surface area contributed by atoms with E-state index in [4.69, 9.17) is 9.47 Å². The summed E-state index contributed by atoms with van der Waals surface area (Å²) in [4.78, 5) is 17.0. The summed E-state index contributed by atoms with van der Waals surface area (Å²) in [7, 11) is 1.57. The minimum atomic E-state index is -0.423. The number of hydrogen-bond donors (Lipinski definition) is 1. The quantitative estimate of drug-likeness (QED) is 0.457. The molecular formula is C24H21FN4O3. The fraction of sp³-hybridized carbons (Fsp3) is 0.125. The van der Waals surface area contributed by atoms with Gasteiger partial charge in [-0.15, -0.1) is 5.10 Å². The van der Waals surface area contributed by atoms with Gasteiger partial charge in [0.1, 0.15) is 11.6 Å². The van der Waals surface area contributed by atoms with Crippen molar-refractivity contribution in [1.82, 2.24) is 14.8 Å². The molecule has 0 aliphatic heterocycles. The molecule has 0 fully saturated rings. The SMILES string of the molecule is CCOc1nc(-c2ccccc2F)n(-c2cccc(NC(=O)c3ccc(OC)cc3)c2)n1. The van der Waals surface area contributed by atoms with Crippen LogP contribution in [0.5, 0.6) is 11.8 Å². The summed E-state index contributed by atoms with van der Waals surface area (Å²) in [5.74, 6) is 0.270. The molecule has 7 nitrogen and oxygen atoms in total. The second-order valence-corrected chi connectivity index (χ2v) is 6.78. The van der Waals surface area contributed by atoms with Gasteiger partial charge in [0.05, 0.1) is 25.0 Å². The number of anilines is 1. The number of carbonyl (C=O) groups is 1. The predicted octanol–water partition coefficient (Wildman–Crippen LogP) is 4.73.